The molecule has 180 valence electrons. The summed E-state index contributed by atoms with van der Waals surface area (Å²) < 4.78 is 0. The lowest BCUT2D eigenvalue weighted by Crippen LogP contribution is -2.08. The van der Waals surface area contributed by atoms with E-state index in [-0.39, 0.29) is 0 Å². The average molecular weight is 447 g/mol. The molecule has 0 N–H and O–H groups in total. The number of rotatable bonds is 10. The van der Waals surface area contributed by atoms with Crippen molar-refractivity contribution in [3.05, 3.63) is 58.7 Å². The molecule has 2 rings (SSSR count). The van der Waals surface area contributed by atoms with E-state index < -0.39 is 0 Å². The first-order valence-electron chi connectivity index (χ1n) is 13.0. The van der Waals surface area contributed by atoms with E-state index in [1.54, 1.807) is 0 Å². The highest BCUT2D eigenvalue weighted by atomic mass is 14.8. The Morgan fingerprint density at radius 3 is 1.03 bits per heavy atom. The second-order valence-corrected chi connectivity index (χ2v) is 10.4. The van der Waals surface area contributed by atoms with E-state index >= 15 is 0 Å². The molecule has 33 heavy (non-hydrogen) atoms. The maximum Gasteiger partial charge on any atom is 0.0698 e. The average Bonchev–Trinajstić information content (AvgIpc) is 2.77. The van der Waals surface area contributed by atoms with Crippen LogP contribution in [0.25, 0.3) is 0 Å². The molecule has 0 atom stereocenters. The Labute approximate surface area is 203 Å². The minimum absolute atomic E-state index is 0.450. The summed E-state index contributed by atoms with van der Waals surface area (Å²) in [6.45, 7) is 22.6. The summed E-state index contributed by atoms with van der Waals surface area (Å²) in [5.41, 5.74) is 10.2. The molecule has 0 aliphatic heterocycles. The zero-order valence-electron chi connectivity index (χ0n) is 22.8. The van der Waals surface area contributed by atoms with E-state index in [4.69, 9.17) is 9.98 Å². The molecule has 0 heterocycles. The van der Waals surface area contributed by atoms with Gasteiger partial charge in [-0.3, -0.25) is 9.98 Å². The Kier molecular flexibility index (Phi) is 10.1. The van der Waals surface area contributed by atoms with Crippen molar-refractivity contribution in [3.8, 4) is 0 Å². The van der Waals surface area contributed by atoms with Crippen LogP contribution in [0.4, 0.5) is 11.4 Å². The molecule has 0 saturated heterocycles. The number of para-hydroxylation sites is 2. The van der Waals surface area contributed by atoms with Gasteiger partial charge in [-0.1, -0.05) is 106 Å². The fourth-order valence-electron chi connectivity index (χ4n) is 4.32. The summed E-state index contributed by atoms with van der Waals surface area (Å²) in [6, 6.07) is 13.3. The van der Waals surface area contributed by atoms with Gasteiger partial charge in [0.15, 0.2) is 0 Å². The van der Waals surface area contributed by atoms with E-state index in [9.17, 15) is 0 Å². The third kappa shape index (κ3) is 6.88. The molecule has 2 aromatic carbocycles. The smallest absolute Gasteiger partial charge is 0.0698 e. The molecule has 2 heteroatoms. The topological polar surface area (TPSA) is 24.7 Å². The molecule has 0 radical (unpaired) electrons. The first kappa shape index (κ1) is 27.0. The summed E-state index contributed by atoms with van der Waals surface area (Å²) >= 11 is 0. The number of hydrogen-bond donors (Lipinski definition) is 0. The van der Waals surface area contributed by atoms with Crippen molar-refractivity contribution in [2.75, 3.05) is 0 Å². The summed E-state index contributed by atoms with van der Waals surface area (Å²) in [4.78, 5) is 10.6. The summed E-state index contributed by atoms with van der Waals surface area (Å²) in [7, 11) is 0. The predicted molar refractivity (Wildman–Crippen MR) is 149 cm³/mol. The SMILES string of the molecule is CC/C(C/C(CC)=N/c1c(C(C)C)cccc1C(C)C)=N/c1c(C(C)C)cccc1C(C)C. The van der Waals surface area contributed by atoms with Crippen LogP contribution in [0.15, 0.2) is 46.4 Å². The van der Waals surface area contributed by atoms with Crippen molar-refractivity contribution in [3.63, 3.8) is 0 Å². The lowest BCUT2D eigenvalue weighted by Gasteiger charge is -2.19. The molecule has 0 saturated carbocycles. The van der Waals surface area contributed by atoms with Crippen molar-refractivity contribution < 1.29 is 0 Å². The van der Waals surface area contributed by atoms with Crippen LogP contribution in [0.3, 0.4) is 0 Å². The van der Waals surface area contributed by atoms with Gasteiger partial charge in [-0.05, 0) is 58.8 Å². The lowest BCUT2D eigenvalue weighted by molar-refractivity contribution is 0.833. The molecule has 0 aliphatic carbocycles. The van der Waals surface area contributed by atoms with E-state index in [1.165, 1.54) is 45.1 Å². The third-order valence-corrected chi connectivity index (χ3v) is 6.45. The number of benzene rings is 2. The Balaban J connectivity index is 2.58. The molecule has 0 spiro atoms. The zero-order chi connectivity index (χ0) is 24.7. The summed E-state index contributed by atoms with van der Waals surface area (Å²) in [5.74, 6) is 1.80. The highest BCUT2D eigenvalue weighted by Crippen LogP contribution is 2.37. The van der Waals surface area contributed by atoms with Gasteiger partial charge in [0.05, 0.1) is 11.4 Å². The second kappa shape index (κ2) is 12.3. The third-order valence-electron chi connectivity index (χ3n) is 6.45. The van der Waals surface area contributed by atoms with Crippen LogP contribution in [0.2, 0.25) is 0 Å². The van der Waals surface area contributed by atoms with E-state index in [1.807, 2.05) is 0 Å². The minimum Gasteiger partial charge on any atom is -0.257 e. The quantitative estimate of drug-likeness (QED) is 0.324. The van der Waals surface area contributed by atoms with Crippen LogP contribution >= 0.6 is 0 Å². The molecular weight excluding hydrogens is 400 g/mol. The fraction of sp³-hybridized carbons (Fsp3) is 0.548. The fourth-order valence-corrected chi connectivity index (χ4v) is 4.32. The van der Waals surface area contributed by atoms with Gasteiger partial charge in [0.25, 0.3) is 0 Å². The van der Waals surface area contributed by atoms with Gasteiger partial charge >= 0.3 is 0 Å². The zero-order valence-corrected chi connectivity index (χ0v) is 22.8. The van der Waals surface area contributed by atoms with Crippen LogP contribution < -0.4 is 0 Å². The normalized spacial score (nSPS) is 13.2. The standard InChI is InChI=1S/C31H46N2/c1-11-24(32-30-26(20(3)4)15-13-16-27(30)21(5)6)19-25(12-2)33-31-28(22(7)8)17-14-18-29(31)23(9)10/h13-18,20-23H,11-12,19H2,1-10H3/b32-24-,33-25+. The lowest BCUT2D eigenvalue weighted by atomic mass is 9.92. The second-order valence-electron chi connectivity index (χ2n) is 10.4. The molecule has 0 amide bonds. The van der Waals surface area contributed by atoms with Gasteiger partial charge in [-0.15, -0.1) is 0 Å². The highest BCUT2D eigenvalue weighted by Gasteiger charge is 2.16. The van der Waals surface area contributed by atoms with Crippen molar-refractivity contribution in [2.24, 2.45) is 9.98 Å². The van der Waals surface area contributed by atoms with Crippen LogP contribution in [-0.4, -0.2) is 11.4 Å². The maximum absolute atomic E-state index is 5.30. The molecule has 2 nitrogen and oxygen atoms in total. The molecule has 0 aliphatic rings. The Bertz CT molecular complexity index is 842. The van der Waals surface area contributed by atoms with Gasteiger partial charge in [0, 0.05) is 17.8 Å². The van der Waals surface area contributed by atoms with E-state index in [0.29, 0.717) is 23.7 Å². The number of hydrogen-bond acceptors (Lipinski definition) is 2. The van der Waals surface area contributed by atoms with Crippen LogP contribution in [0.1, 0.15) is 134 Å². The van der Waals surface area contributed by atoms with Crippen molar-refractivity contribution >= 4 is 22.8 Å². The molecule has 0 bridgehead atoms. The van der Waals surface area contributed by atoms with Crippen LogP contribution in [0.5, 0.6) is 0 Å². The highest BCUT2D eigenvalue weighted by molar-refractivity contribution is 6.06. The molecule has 0 aromatic heterocycles. The van der Waals surface area contributed by atoms with Gasteiger partial charge in [-0.25, -0.2) is 0 Å². The van der Waals surface area contributed by atoms with E-state index in [0.717, 1.165) is 19.3 Å². The number of aliphatic imine (C=N–C) groups is 2. The first-order chi connectivity index (χ1) is 15.6. The van der Waals surface area contributed by atoms with Crippen molar-refractivity contribution in [1.82, 2.24) is 0 Å². The predicted octanol–water partition coefficient (Wildman–Crippen LogP) is 10.2. The summed E-state index contributed by atoms with van der Waals surface area (Å²) in [6.07, 6.45) is 2.71. The number of nitrogens with zero attached hydrogens (tertiary/aromatic N) is 2. The van der Waals surface area contributed by atoms with Gasteiger partial charge < -0.3 is 0 Å². The van der Waals surface area contributed by atoms with Crippen molar-refractivity contribution in [2.45, 2.75) is 112 Å². The first-order valence-corrected chi connectivity index (χ1v) is 13.0. The van der Waals surface area contributed by atoms with E-state index in [2.05, 4.69) is 106 Å². The van der Waals surface area contributed by atoms with Gasteiger partial charge in [0.2, 0.25) is 0 Å². The minimum atomic E-state index is 0.450. The van der Waals surface area contributed by atoms with Crippen LogP contribution in [-0.2, 0) is 0 Å². The summed E-state index contributed by atoms with van der Waals surface area (Å²) in [5, 5.41) is 0. The Morgan fingerprint density at radius 2 is 0.818 bits per heavy atom. The molecule has 2 aromatic rings. The largest absolute Gasteiger partial charge is 0.257 e. The maximum atomic E-state index is 5.30. The van der Waals surface area contributed by atoms with Crippen LogP contribution in [0, 0.1) is 0 Å². The Hall–Kier alpha value is -2.22. The van der Waals surface area contributed by atoms with Gasteiger partial charge in [-0.2, -0.15) is 0 Å². The Morgan fingerprint density at radius 1 is 0.545 bits per heavy atom. The monoisotopic (exact) mass is 446 g/mol. The molecule has 0 unspecified atom stereocenters. The molecule has 0 fully saturated rings. The molecular formula is C31H46N2. The van der Waals surface area contributed by atoms with Crippen molar-refractivity contribution in [1.29, 1.82) is 0 Å². The van der Waals surface area contributed by atoms with Gasteiger partial charge in [0.1, 0.15) is 0 Å².